The average Bonchev–Trinajstić information content (AvgIpc) is 2.62. The number of oxime groups is 1. The zero-order valence-electron chi connectivity index (χ0n) is 12.9. The van der Waals surface area contributed by atoms with Gasteiger partial charge in [0.2, 0.25) is 0 Å². The quantitative estimate of drug-likeness (QED) is 0.391. The largest absolute Gasteiger partial charge is 0.478 e. The number of amidine groups is 1. The van der Waals surface area contributed by atoms with Crippen LogP contribution in [0.2, 0.25) is 0 Å². The van der Waals surface area contributed by atoms with Gasteiger partial charge in [-0.1, -0.05) is 49.3 Å². The minimum absolute atomic E-state index is 0.0695. The average molecular weight is 314 g/mol. The van der Waals surface area contributed by atoms with Gasteiger partial charge in [0.05, 0.1) is 11.1 Å². The fourth-order valence-corrected chi connectivity index (χ4v) is 1.58. The number of nitrogens with two attached hydrogens (primary N) is 1. The van der Waals surface area contributed by atoms with E-state index in [1.165, 1.54) is 18.2 Å². The summed E-state index contributed by atoms with van der Waals surface area (Å²) < 4.78 is 0. The van der Waals surface area contributed by atoms with Crippen molar-refractivity contribution in [3.63, 3.8) is 0 Å². The molecule has 23 heavy (non-hydrogen) atoms. The molecule has 0 aliphatic rings. The molecular formula is C17H18N2O4. The summed E-state index contributed by atoms with van der Waals surface area (Å²) in [6.45, 7) is 4.00. The molecule has 0 amide bonds. The second-order valence-electron chi connectivity index (χ2n) is 4.11. The minimum Gasteiger partial charge on any atom is -0.478 e. The lowest BCUT2D eigenvalue weighted by Gasteiger charge is -2.02. The maximum Gasteiger partial charge on any atom is 0.365 e. The van der Waals surface area contributed by atoms with Gasteiger partial charge in [-0.25, -0.2) is 9.59 Å². The van der Waals surface area contributed by atoms with Gasteiger partial charge in [-0.05, 0) is 24.3 Å². The van der Waals surface area contributed by atoms with Gasteiger partial charge < -0.3 is 15.7 Å². The Kier molecular flexibility index (Phi) is 7.00. The Morgan fingerprint density at radius 1 is 0.957 bits per heavy atom. The van der Waals surface area contributed by atoms with Crippen LogP contribution < -0.4 is 5.73 Å². The van der Waals surface area contributed by atoms with E-state index in [0.717, 1.165) is 0 Å². The molecule has 0 saturated heterocycles. The summed E-state index contributed by atoms with van der Waals surface area (Å²) in [5, 5.41) is 12.4. The van der Waals surface area contributed by atoms with Crippen molar-refractivity contribution in [3.05, 3.63) is 71.3 Å². The normalized spacial score (nSPS) is 10.3. The van der Waals surface area contributed by atoms with Crippen molar-refractivity contribution >= 4 is 17.8 Å². The van der Waals surface area contributed by atoms with Crippen LogP contribution in [0.15, 0.2) is 59.8 Å². The first-order chi connectivity index (χ1) is 11.1. The zero-order chi connectivity index (χ0) is 17.2. The summed E-state index contributed by atoms with van der Waals surface area (Å²) in [7, 11) is 0. The fraction of sp³-hybridized carbons (Fsp3) is 0.118. The zero-order valence-corrected chi connectivity index (χ0v) is 12.9. The molecule has 6 nitrogen and oxygen atoms in total. The number of carbonyl (C=O) groups is 2. The maximum absolute atomic E-state index is 11.7. The summed E-state index contributed by atoms with van der Waals surface area (Å²) in [4.78, 5) is 27.3. The van der Waals surface area contributed by atoms with Crippen LogP contribution >= 0.6 is 0 Å². The molecular weight excluding hydrogens is 296 g/mol. The van der Waals surface area contributed by atoms with E-state index in [0.29, 0.717) is 11.1 Å². The van der Waals surface area contributed by atoms with E-state index in [1.807, 2.05) is 13.8 Å². The fourth-order valence-electron chi connectivity index (χ4n) is 1.58. The molecule has 0 heterocycles. The van der Waals surface area contributed by atoms with Gasteiger partial charge >= 0.3 is 11.9 Å². The molecule has 0 spiro atoms. The summed E-state index contributed by atoms with van der Waals surface area (Å²) in [5.41, 5.74) is 6.44. The first-order valence-electron chi connectivity index (χ1n) is 7.01. The van der Waals surface area contributed by atoms with Gasteiger partial charge in [-0.3, -0.25) is 0 Å². The maximum atomic E-state index is 11.7. The molecule has 0 unspecified atom stereocenters. The number of hydrogen-bond acceptors (Lipinski definition) is 4. The summed E-state index contributed by atoms with van der Waals surface area (Å²) in [6.07, 6.45) is 0. The summed E-state index contributed by atoms with van der Waals surface area (Å²) in [5.74, 6) is -1.80. The molecule has 2 aromatic rings. The molecule has 0 aliphatic heterocycles. The van der Waals surface area contributed by atoms with Crippen LogP contribution in [0.4, 0.5) is 0 Å². The first kappa shape index (κ1) is 17.9. The summed E-state index contributed by atoms with van der Waals surface area (Å²) in [6, 6.07) is 14.2. The van der Waals surface area contributed by atoms with Gasteiger partial charge in [0.25, 0.3) is 0 Å². The Labute approximate surface area is 134 Å². The highest BCUT2D eigenvalue weighted by Gasteiger charge is 2.08. The number of aromatic carboxylic acids is 1. The SMILES string of the molecule is CC.N/C(=N/OC(=O)c1ccccc1)c1cccc(C(=O)O)c1. The Hall–Kier alpha value is -3.15. The van der Waals surface area contributed by atoms with Gasteiger partial charge in [-0.2, -0.15) is 0 Å². The predicted molar refractivity (Wildman–Crippen MR) is 87.3 cm³/mol. The molecule has 6 heteroatoms. The smallest absolute Gasteiger partial charge is 0.365 e. The van der Waals surface area contributed by atoms with Gasteiger partial charge in [0, 0.05) is 5.56 Å². The number of carbonyl (C=O) groups excluding carboxylic acids is 1. The monoisotopic (exact) mass is 314 g/mol. The number of carboxylic acids is 1. The third kappa shape index (κ3) is 5.28. The molecule has 0 fully saturated rings. The van der Waals surface area contributed by atoms with Crippen molar-refractivity contribution in [1.29, 1.82) is 0 Å². The van der Waals surface area contributed by atoms with Crippen LogP contribution in [0.1, 0.15) is 40.1 Å². The van der Waals surface area contributed by atoms with Crippen LogP contribution in [-0.4, -0.2) is 22.9 Å². The van der Waals surface area contributed by atoms with E-state index < -0.39 is 11.9 Å². The number of benzene rings is 2. The number of carboxylic acid groups (broad SMARTS) is 1. The van der Waals surface area contributed by atoms with E-state index in [-0.39, 0.29) is 11.4 Å². The van der Waals surface area contributed by atoms with Crippen molar-refractivity contribution in [1.82, 2.24) is 0 Å². The Balaban J connectivity index is 0.00000127. The van der Waals surface area contributed by atoms with Crippen molar-refractivity contribution in [2.75, 3.05) is 0 Å². The van der Waals surface area contributed by atoms with Crippen LogP contribution in [0.25, 0.3) is 0 Å². The highest BCUT2D eigenvalue weighted by Crippen LogP contribution is 2.06. The molecule has 3 N–H and O–H groups in total. The standard InChI is InChI=1S/C15H12N2O4.C2H6/c16-13(11-7-4-8-12(9-11)14(18)19)17-21-15(20)10-5-2-1-3-6-10;1-2/h1-9H,(H2,16,17)(H,18,19);1-2H3. The van der Waals surface area contributed by atoms with E-state index in [4.69, 9.17) is 15.7 Å². The van der Waals surface area contributed by atoms with E-state index >= 15 is 0 Å². The lowest BCUT2D eigenvalue weighted by atomic mass is 10.1. The molecule has 0 saturated carbocycles. The predicted octanol–water partition coefficient (Wildman–Crippen LogP) is 2.89. The van der Waals surface area contributed by atoms with Crippen molar-refractivity contribution < 1.29 is 19.5 Å². The van der Waals surface area contributed by atoms with Crippen LogP contribution in [0.3, 0.4) is 0 Å². The second kappa shape index (κ2) is 8.99. The van der Waals surface area contributed by atoms with Crippen LogP contribution in [-0.2, 0) is 4.84 Å². The topological polar surface area (TPSA) is 102 Å². The molecule has 0 aromatic heterocycles. The lowest BCUT2D eigenvalue weighted by molar-refractivity contribution is 0.0515. The van der Waals surface area contributed by atoms with Gasteiger partial charge in [-0.15, -0.1) is 0 Å². The molecule has 120 valence electrons. The first-order valence-corrected chi connectivity index (χ1v) is 7.01. The van der Waals surface area contributed by atoms with E-state index in [2.05, 4.69) is 5.16 Å². The summed E-state index contributed by atoms with van der Waals surface area (Å²) >= 11 is 0. The Morgan fingerprint density at radius 2 is 1.52 bits per heavy atom. The van der Waals surface area contributed by atoms with Crippen molar-refractivity contribution in [2.45, 2.75) is 13.8 Å². The third-order valence-corrected chi connectivity index (χ3v) is 2.64. The van der Waals surface area contributed by atoms with Gasteiger partial charge in [0.1, 0.15) is 0 Å². The van der Waals surface area contributed by atoms with E-state index in [1.54, 1.807) is 36.4 Å². The highest BCUT2D eigenvalue weighted by atomic mass is 16.7. The lowest BCUT2D eigenvalue weighted by Crippen LogP contribution is -2.16. The molecule has 2 aromatic carbocycles. The number of nitrogens with zero attached hydrogens (tertiary/aromatic N) is 1. The van der Waals surface area contributed by atoms with Crippen LogP contribution in [0, 0.1) is 0 Å². The molecule has 0 radical (unpaired) electrons. The molecule has 2 rings (SSSR count). The molecule has 0 bridgehead atoms. The third-order valence-electron chi connectivity index (χ3n) is 2.64. The highest BCUT2D eigenvalue weighted by molar-refractivity contribution is 6.00. The Bertz CT molecular complexity index is 697. The molecule has 0 aliphatic carbocycles. The van der Waals surface area contributed by atoms with E-state index in [9.17, 15) is 9.59 Å². The number of hydrogen-bond donors (Lipinski definition) is 2. The van der Waals surface area contributed by atoms with Gasteiger partial charge in [0.15, 0.2) is 5.84 Å². The molecule has 0 atom stereocenters. The van der Waals surface area contributed by atoms with Crippen LogP contribution in [0.5, 0.6) is 0 Å². The Morgan fingerprint density at radius 3 is 2.13 bits per heavy atom. The second-order valence-corrected chi connectivity index (χ2v) is 4.11. The number of rotatable bonds is 4. The minimum atomic E-state index is -1.08. The van der Waals surface area contributed by atoms with Crippen molar-refractivity contribution in [3.8, 4) is 0 Å². The van der Waals surface area contributed by atoms with Crippen molar-refractivity contribution in [2.24, 2.45) is 10.9 Å².